The summed E-state index contributed by atoms with van der Waals surface area (Å²) < 4.78 is 35.3. The molecule has 0 fully saturated rings. The number of carbonyl (C=O) groups is 1. The fourth-order valence-corrected chi connectivity index (χ4v) is 10.7. The predicted octanol–water partition coefficient (Wildman–Crippen LogP) is 5.95. The van der Waals surface area contributed by atoms with Crippen LogP contribution in [0.15, 0.2) is 110 Å². The van der Waals surface area contributed by atoms with E-state index >= 15 is 0 Å². The smallest absolute Gasteiger partial charge is 0.269 e. The highest BCUT2D eigenvalue weighted by Crippen LogP contribution is 2.36. The monoisotopic (exact) mass is 704 g/mol. The minimum absolute atomic E-state index is 0.107. The lowest BCUT2D eigenvalue weighted by molar-refractivity contribution is -0.125. The number of benzene rings is 3. The first-order valence-corrected chi connectivity index (χ1v) is 18.7. The zero-order chi connectivity index (χ0) is 36.0. The van der Waals surface area contributed by atoms with Gasteiger partial charge in [-0.3, -0.25) is 4.79 Å². The molecule has 10 nitrogen and oxygen atoms in total. The number of fused-ring (bicyclic) bond motifs is 1. The number of carbonyl (C=O) groups excluding carboxylic acids is 1. The van der Waals surface area contributed by atoms with E-state index in [1.807, 2.05) is 49.4 Å². The molecule has 0 saturated carbocycles. The van der Waals surface area contributed by atoms with Crippen molar-refractivity contribution in [1.29, 1.82) is 0 Å². The van der Waals surface area contributed by atoms with Gasteiger partial charge in [0.05, 0.1) is 31.7 Å². The van der Waals surface area contributed by atoms with Crippen molar-refractivity contribution in [1.82, 2.24) is 24.7 Å². The molecule has 0 bridgehead atoms. The van der Waals surface area contributed by atoms with Gasteiger partial charge in [-0.2, -0.15) is 5.10 Å². The first-order valence-electron chi connectivity index (χ1n) is 16.8. The number of pyridine rings is 1. The van der Waals surface area contributed by atoms with Crippen molar-refractivity contribution >= 4 is 41.4 Å². The second kappa shape index (κ2) is 15.3. The van der Waals surface area contributed by atoms with E-state index in [0.29, 0.717) is 34.7 Å². The van der Waals surface area contributed by atoms with Crippen LogP contribution >= 0.6 is 0 Å². The summed E-state index contributed by atoms with van der Waals surface area (Å²) >= 11 is 0. The zero-order valence-corrected chi connectivity index (χ0v) is 30.3. The van der Waals surface area contributed by atoms with Gasteiger partial charge >= 0.3 is 0 Å². The lowest BCUT2D eigenvalue weighted by Crippen LogP contribution is -2.66. The third-order valence-corrected chi connectivity index (χ3v) is 13.8. The number of amides is 1. The predicted molar refractivity (Wildman–Crippen MR) is 198 cm³/mol. The molecule has 0 aliphatic carbocycles. The highest BCUT2D eigenvalue weighted by molar-refractivity contribution is 6.99. The Balaban J connectivity index is 1.23. The zero-order valence-electron chi connectivity index (χ0n) is 29.3. The van der Waals surface area contributed by atoms with Gasteiger partial charge in [-0.15, -0.1) is 0 Å². The maximum atomic E-state index is 14.4. The molecule has 12 heteroatoms. The largest absolute Gasteiger partial charge is 0.461 e. The van der Waals surface area contributed by atoms with Gasteiger partial charge < -0.3 is 19.2 Å². The Morgan fingerprint density at radius 1 is 0.863 bits per heavy atom. The van der Waals surface area contributed by atoms with Crippen LogP contribution in [-0.2, 0) is 14.0 Å². The maximum Gasteiger partial charge on any atom is 0.269 e. The average Bonchev–Trinajstić information content (AvgIpc) is 3.56. The number of halogens is 1. The molecule has 0 radical (unpaired) electrons. The Bertz CT molecular complexity index is 2050. The molecule has 3 aromatic carbocycles. The normalized spacial score (nSPS) is 12.5. The van der Waals surface area contributed by atoms with Gasteiger partial charge in [-0.05, 0) is 53.0 Å². The second-order valence-electron chi connectivity index (χ2n) is 13.3. The van der Waals surface area contributed by atoms with Gasteiger partial charge in [-0.25, -0.2) is 24.0 Å². The molecule has 0 aliphatic rings. The molecule has 1 unspecified atom stereocenters. The number of ether oxygens (including phenoxy) is 2. The van der Waals surface area contributed by atoms with Crippen LogP contribution in [0.4, 0.5) is 10.2 Å². The van der Waals surface area contributed by atoms with Crippen LogP contribution in [0.2, 0.25) is 5.04 Å². The molecule has 51 heavy (non-hydrogen) atoms. The fraction of sp³-hybridized carbons (Fsp3) is 0.256. The molecular weight excluding hydrogens is 664 g/mol. The van der Waals surface area contributed by atoms with Crippen molar-refractivity contribution in [2.75, 3.05) is 25.1 Å². The van der Waals surface area contributed by atoms with Gasteiger partial charge in [0.25, 0.3) is 14.2 Å². The lowest BCUT2D eigenvalue weighted by atomic mass is 10.2. The van der Waals surface area contributed by atoms with Crippen molar-refractivity contribution in [2.24, 2.45) is 0 Å². The Hall–Kier alpha value is -5.30. The minimum atomic E-state index is -2.78. The molecule has 1 N–H and O–H groups in total. The van der Waals surface area contributed by atoms with Crippen molar-refractivity contribution in [3.8, 4) is 11.6 Å². The number of hydrogen-bond acceptors (Lipinski definition) is 8. The summed E-state index contributed by atoms with van der Waals surface area (Å²) in [6.45, 7) is 10.6. The lowest BCUT2D eigenvalue weighted by Gasteiger charge is -2.43. The van der Waals surface area contributed by atoms with E-state index in [9.17, 15) is 9.18 Å². The number of aromatic nitrogens is 5. The van der Waals surface area contributed by atoms with Gasteiger partial charge in [0, 0.05) is 11.8 Å². The van der Waals surface area contributed by atoms with E-state index in [2.05, 4.69) is 70.4 Å². The van der Waals surface area contributed by atoms with E-state index in [0.717, 1.165) is 15.9 Å². The van der Waals surface area contributed by atoms with Gasteiger partial charge in [0.2, 0.25) is 12.0 Å². The molecule has 6 aromatic rings. The van der Waals surface area contributed by atoms with Gasteiger partial charge in [0.15, 0.2) is 5.65 Å². The average molecular weight is 705 g/mol. The second-order valence-corrected chi connectivity index (χ2v) is 17.6. The van der Waals surface area contributed by atoms with Crippen molar-refractivity contribution in [3.05, 3.63) is 127 Å². The molecule has 1 atom stereocenters. The van der Waals surface area contributed by atoms with Crippen LogP contribution in [0, 0.1) is 19.7 Å². The fourth-order valence-electron chi connectivity index (χ4n) is 6.17. The van der Waals surface area contributed by atoms with Crippen molar-refractivity contribution < 1.29 is 23.1 Å². The molecule has 1 amide bonds. The van der Waals surface area contributed by atoms with E-state index in [1.165, 1.54) is 23.3 Å². The number of nitrogens with one attached hydrogen (secondary N) is 1. The maximum absolute atomic E-state index is 14.4. The van der Waals surface area contributed by atoms with Crippen LogP contribution in [0.25, 0.3) is 16.7 Å². The number of hydrogen-bond donors (Lipinski definition) is 1. The van der Waals surface area contributed by atoms with E-state index in [1.54, 1.807) is 31.3 Å². The summed E-state index contributed by atoms with van der Waals surface area (Å²) in [4.78, 5) is 26.7. The highest BCUT2D eigenvalue weighted by atomic mass is 28.4. The minimum Gasteiger partial charge on any atom is -0.461 e. The van der Waals surface area contributed by atoms with E-state index in [-0.39, 0.29) is 29.9 Å². The van der Waals surface area contributed by atoms with Gasteiger partial charge in [-0.1, -0.05) is 93.6 Å². The molecule has 3 aromatic heterocycles. The van der Waals surface area contributed by atoms with E-state index < -0.39 is 20.3 Å². The summed E-state index contributed by atoms with van der Waals surface area (Å²) in [5, 5.41) is 9.85. The third-order valence-electron chi connectivity index (χ3n) is 8.74. The van der Waals surface area contributed by atoms with Crippen molar-refractivity contribution in [3.63, 3.8) is 0 Å². The quantitative estimate of drug-likeness (QED) is 0.116. The SMILES string of the molecule is Cc1ccc(NC(=O)C(COCCO[Si](c2ccccc2)(c2ccccc2)C(C)(C)C)Oc2ncnc3c2cnn3-c2cccc(F)c2C)nc1. The highest BCUT2D eigenvalue weighted by Gasteiger charge is 2.50. The summed E-state index contributed by atoms with van der Waals surface area (Å²) in [5.41, 5.74) is 2.30. The first-order chi connectivity index (χ1) is 24.6. The molecule has 0 aliphatic heterocycles. The molecular formula is C39H41FN6O4Si. The summed E-state index contributed by atoms with van der Waals surface area (Å²) in [5.74, 6) is -0.334. The Labute approximate surface area is 297 Å². The van der Waals surface area contributed by atoms with Crippen LogP contribution in [0.5, 0.6) is 5.88 Å². The molecule has 0 spiro atoms. The number of aryl methyl sites for hydroxylation is 1. The van der Waals surface area contributed by atoms with Crippen LogP contribution < -0.4 is 20.4 Å². The van der Waals surface area contributed by atoms with Crippen LogP contribution in [0.1, 0.15) is 31.9 Å². The number of nitrogens with zero attached hydrogens (tertiary/aromatic N) is 5. The number of anilines is 1. The first kappa shape index (κ1) is 35.5. The van der Waals surface area contributed by atoms with Gasteiger partial charge in [0.1, 0.15) is 23.3 Å². The topological polar surface area (TPSA) is 113 Å². The molecule has 6 rings (SSSR count). The van der Waals surface area contributed by atoms with Crippen LogP contribution in [0.3, 0.4) is 0 Å². The summed E-state index contributed by atoms with van der Waals surface area (Å²) in [6, 6.07) is 29.1. The van der Waals surface area contributed by atoms with Crippen molar-refractivity contribution in [2.45, 2.75) is 45.8 Å². The summed E-state index contributed by atoms with van der Waals surface area (Å²) in [6.07, 6.45) is 3.39. The Morgan fingerprint density at radius 3 is 2.22 bits per heavy atom. The summed E-state index contributed by atoms with van der Waals surface area (Å²) in [7, 11) is -2.78. The van der Waals surface area contributed by atoms with Crippen LogP contribution in [-0.4, -0.2) is 64.9 Å². The molecule has 0 saturated heterocycles. The van der Waals surface area contributed by atoms with E-state index in [4.69, 9.17) is 13.9 Å². The molecule has 3 heterocycles. The third kappa shape index (κ3) is 7.58. The standard InChI is InChI=1S/C39H41FN6O4Si/c1-27-19-20-35(41-23-27)45-37(47)34(50-38-31-24-44-46(36(31)42-26-43-38)33-18-12-17-32(40)28(33)2)25-48-21-22-49-51(39(3,4)5,29-13-8-6-9-14-29)30-15-10-7-11-16-30/h6-20,23-24,26,34H,21-22,25H2,1-5H3,(H,41,45,47). The molecule has 262 valence electrons. The Kier molecular flexibility index (Phi) is 10.7. The number of rotatable bonds is 13. The Morgan fingerprint density at radius 2 is 1.57 bits per heavy atom.